The largest absolute Gasteiger partial charge is 0.468 e. The molecule has 0 heterocycles. The average molecular weight is 323 g/mol. The molecule has 0 saturated heterocycles. The Morgan fingerprint density at radius 1 is 1.09 bits per heavy atom. The van der Waals surface area contributed by atoms with Gasteiger partial charge in [0.05, 0.1) is 7.11 Å². The number of carbonyl (C=O) groups excluding carboxylic acids is 2. The van der Waals surface area contributed by atoms with Crippen LogP contribution in [-0.4, -0.2) is 31.6 Å². The number of nitrogens with zero attached hydrogens (tertiary/aromatic N) is 1. The number of methoxy groups -OCH3 is 1. The van der Waals surface area contributed by atoms with Crippen molar-refractivity contribution in [3.8, 4) is 0 Å². The van der Waals surface area contributed by atoms with Crippen LogP contribution < -0.4 is 0 Å². The minimum atomic E-state index is -0.818. The van der Waals surface area contributed by atoms with E-state index in [1.807, 2.05) is 0 Å². The Bertz CT molecular complexity index is 405. The molecule has 1 aliphatic rings. The number of Topliss-reactive ketones (excluding diaryl/α,β-unsaturated/α-hetero) is 1. The molecule has 0 aliphatic heterocycles. The molecule has 132 valence electrons. The summed E-state index contributed by atoms with van der Waals surface area (Å²) >= 11 is 0. The van der Waals surface area contributed by atoms with Crippen molar-refractivity contribution in [1.82, 2.24) is 0 Å². The fraction of sp³-hybridized carbons (Fsp3) is 0.842. The minimum absolute atomic E-state index is 0.00700. The highest BCUT2D eigenvalue weighted by Crippen LogP contribution is 2.28. The molecule has 1 atom stereocenters. The van der Waals surface area contributed by atoms with Crippen LogP contribution in [0.25, 0.3) is 0 Å². The summed E-state index contributed by atoms with van der Waals surface area (Å²) in [6, 6.07) is 0. The summed E-state index contributed by atoms with van der Waals surface area (Å²) in [6.07, 6.45) is 10.1. The van der Waals surface area contributed by atoms with Gasteiger partial charge in [0.2, 0.25) is 0 Å². The summed E-state index contributed by atoms with van der Waals surface area (Å²) < 4.78 is 4.84. The van der Waals surface area contributed by atoms with Gasteiger partial charge in [-0.05, 0) is 25.7 Å². The Balaban J connectivity index is 2.77. The lowest BCUT2D eigenvalue weighted by molar-refractivity contribution is -0.147. The average Bonchev–Trinajstić information content (AvgIpc) is 2.58. The molecule has 0 aromatic heterocycles. The number of ether oxygens (including phenoxy) is 1. The molecule has 1 unspecified atom stereocenters. The fourth-order valence-electron chi connectivity index (χ4n) is 3.60. The van der Waals surface area contributed by atoms with Gasteiger partial charge in [-0.1, -0.05) is 51.9 Å². The topological polar surface area (TPSA) is 55.7 Å². The van der Waals surface area contributed by atoms with Gasteiger partial charge in [0.1, 0.15) is 0 Å². The molecular formula is C19H33NO3. The van der Waals surface area contributed by atoms with Crippen LogP contribution >= 0.6 is 0 Å². The molecule has 0 radical (unpaired) electrons. The predicted octanol–water partition coefficient (Wildman–Crippen LogP) is 4.21. The summed E-state index contributed by atoms with van der Waals surface area (Å²) in [5, 5.41) is 0. The van der Waals surface area contributed by atoms with E-state index in [0.29, 0.717) is 5.71 Å². The third kappa shape index (κ3) is 6.08. The summed E-state index contributed by atoms with van der Waals surface area (Å²) in [5.41, 5.74) is 0.560. The van der Waals surface area contributed by atoms with Gasteiger partial charge in [-0.25, -0.2) is 0 Å². The minimum Gasteiger partial charge on any atom is -0.468 e. The third-order valence-electron chi connectivity index (χ3n) is 5.30. The molecule has 0 amide bonds. The van der Waals surface area contributed by atoms with E-state index in [9.17, 15) is 9.59 Å². The fourth-order valence-corrected chi connectivity index (χ4v) is 3.60. The number of esters is 1. The predicted molar refractivity (Wildman–Crippen MR) is 93.8 cm³/mol. The summed E-state index contributed by atoms with van der Waals surface area (Å²) in [6.45, 7) is 4.02. The van der Waals surface area contributed by atoms with Crippen LogP contribution in [0.15, 0.2) is 4.99 Å². The van der Waals surface area contributed by atoms with Gasteiger partial charge in [0.25, 0.3) is 0 Å². The van der Waals surface area contributed by atoms with Gasteiger partial charge in [0, 0.05) is 18.7 Å². The summed E-state index contributed by atoms with van der Waals surface area (Å²) in [7, 11) is 2.96. The van der Waals surface area contributed by atoms with Gasteiger partial charge in [0.15, 0.2) is 11.7 Å². The van der Waals surface area contributed by atoms with Crippen molar-refractivity contribution in [3.05, 3.63) is 0 Å². The first-order chi connectivity index (χ1) is 11.0. The zero-order valence-electron chi connectivity index (χ0n) is 15.3. The highest BCUT2D eigenvalue weighted by molar-refractivity contribution is 6.18. The number of carbonyl (C=O) groups is 2. The molecule has 0 N–H and O–H groups in total. The highest BCUT2D eigenvalue weighted by atomic mass is 16.5. The van der Waals surface area contributed by atoms with Crippen LogP contribution in [0.1, 0.15) is 71.6 Å². The quantitative estimate of drug-likeness (QED) is 0.432. The summed E-state index contributed by atoms with van der Waals surface area (Å²) in [5.74, 6) is -0.469. The van der Waals surface area contributed by atoms with E-state index in [-0.39, 0.29) is 11.7 Å². The van der Waals surface area contributed by atoms with Gasteiger partial charge in [-0.15, -0.1) is 0 Å². The lowest BCUT2D eigenvalue weighted by Crippen LogP contribution is -2.36. The molecule has 1 aliphatic carbocycles. The first-order valence-electron chi connectivity index (χ1n) is 9.09. The Morgan fingerprint density at radius 2 is 1.61 bits per heavy atom. The number of ketones is 1. The van der Waals surface area contributed by atoms with E-state index in [2.05, 4.69) is 11.9 Å². The van der Waals surface area contributed by atoms with Gasteiger partial charge in [-0.3, -0.25) is 14.6 Å². The van der Waals surface area contributed by atoms with Crippen molar-refractivity contribution in [1.29, 1.82) is 0 Å². The van der Waals surface area contributed by atoms with Crippen LogP contribution in [0.3, 0.4) is 0 Å². The second kappa shape index (κ2) is 10.6. The van der Waals surface area contributed by atoms with Gasteiger partial charge >= 0.3 is 5.97 Å². The molecule has 4 heteroatoms. The zero-order valence-corrected chi connectivity index (χ0v) is 15.3. The van der Waals surface area contributed by atoms with Crippen molar-refractivity contribution in [2.45, 2.75) is 71.6 Å². The second-order valence-corrected chi connectivity index (χ2v) is 6.76. The van der Waals surface area contributed by atoms with E-state index >= 15 is 0 Å². The van der Waals surface area contributed by atoms with Gasteiger partial charge < -0.3 is 4.74 Å². The van der Waals surface area contributed by atoms with Crippen LogP contribution in [0.4, 0.5) is 0 Å². The van der Waals surface area contributed by atoms with E-state index in [4.69, 9.17) is 4.74 Å². The standard InChI is InChI=1S/C19H33NO3/c1-5-15-10-6-8-12-16(13-9-7-11-15)18(21)17(14(2)20-3)19(22)23-4/h15-17H,5-13H2,1-4H3. The number of hydrogen-bond acceptors (Lipinski definition) is 4. The molecule has 1 fully saturated rings. The molecule has 0 spiro atoms. The first kappa shape index (κ1) is 19.9. The molecule has 23 heavy (non-hydrogen) atoms. The lowest BCUT2D eigenvalue weighted by atomic mass is 9.81. The highest BCUT2D eigenvalue weighted by Gasteiger charge is 2.34. The molecule has 0 aromatic rings. The van der Waals surface area contributed by atoms with E-state index < -0.39 is 11.9 Å². The van der Waals surface area contributed by atoms with E-state index in [1.54, 1.807) is 14.0 Å². The maximum Gasteiger partial charge on any atom is 0.322 e. The van der Waals surface area contributed by atoms with E-state index in [0.717, 1.165) is 31.6 Å². The monoisotopic (exact) mass is 323 g/mol. The van der Waals surface area contributed by atoms with Crippen LogP contribution in [0.2, 0.25) is 0 Å². The van der Waals surface area contributed by atoms with Crippen LogP contribution in [0.5, 0.6) is 0 Å². The van der Waals surface area contributed by atoms with Crippen LogP contribution in [0, 0.1) is 17.8 Å². The lowest BCUT2D eigenvalue weighted by Gasteiger charge is -2.23. The molecule has 1 rings (SSSR count). The van der Waals surface area contributed by atoms with Crippen molar-refractivity contribution >= 4 is 17.5 Å². The number of rotatable bonds is 5. The van der Waals surface area contributed by atoms with Crippen molar-refractivity contribution in [2.75, 3.05) is 14.2 Å². The SMILES string of the molecule is CCC1CCCCC(C(=O)C(C(=O)OC)C(C)=NC)CCCC1. The van der Waals surface area contributed by atoms with Crippen molar-refractivity contribution in [3.63, 3.8) is 0 Å². The van der Waals surface area contributed by atoms with Crippen molar-refractivity contribution in [2.24, 2.45) is 22.7 Å². The van der Waals surface area contributed by atoms with E-state index in [1.165, 1.54) is 39.2 Å². The second-order valence-electron chi connectivity index (χ2n) is 6.76. The maximum absolute atomic E-state index is 12.9. The van der Waals surface area contributed by atoms with Crippen LogP contribution in [-0.2, 0) is 14.3 Å². The Hall–Kier alpha value is -1.19. The Kier molecular flexibility index (Phi) is 9.12. The molecule has 0 bridgehead atoms. The normalized spacial score (nSPS) is 25.5. The van der Waals surface area contributed by atoms with Gasteiger partial charge in [-0.2, -0.15) is 0 Å². The Morgan fingerprint density at radius 3 is 2.04 bits per heavy atom. The number of hydrogen-bond donors (Lipinski definition) is 0. The zero-order chi connectivity index (χ0) is 17.2. The summed E-state index contributed by atoms with van der Waals surface area (Å²) in [4.78, 5) is 29.0. The smallest absolute Gasteiger partial charge is 0.322 e. The molecular weight excluding hydrogens is 290 g/mol. The molecule has 4 nitrogen and oxygen atoms in total. The third-order valence-corrected chi connectivity index (χ3v) is 5.30. The first-order valence-corrected chi connectivity index (χ1v) is 9.09. The molecule has 1 saturated carbocycles. The Labute approximate surface area is 141 Å². The molecule has 0 aromatic carbocycles. The maximum atomic E-state index is 12.9. The number of aliphatic imine (C=N–C) groups is 1. The van der Waals surface area contributed by atoms with Crippen molar-refractivity contribution < 1.29 is 14.3 Å².